The first-order chi connectivity index (χ1) is 5.77. The van der Waals surface area contributed by atoms with Gasteiger partial charge in [-0.2, -0.15) is 0 Å². The highest BCUT2D eigenvalue weighted by atomic mass is 16.2. The number of nitrogens with one attached hydrogen (secondary N) is 2. The Kier molecular flexibility index (Phi) is 3.22. The van der Waals surface area contributed by atoms with Gasteiger partial charge in [0.05, 0.1) is 12.0 Å². The van der Waals surface area contributed by atoms with Crippen LogP contribution in [0, 0.1) is 5.92 Å². The third-order valence-electron chi connectivity index (χ3n) is 2.08. The van der Waals surface area contributed by atoms with Gasteiger partial charge >= 0.3 is 0 Å². The van der Waals surface area contributed by atoms with Crippen LogP contribution in [0.5, 0.6) is 0 Å². The molecule has 0 saturated carbocycles. The minimum Gasteiger partial charge on any atom is -0.346 e. The minimum absolute atomic E-state index is 0.00676. The van der Waals surface area contributed by atoms with Gasteiger partial charge in [0.1, 0.15) is 6.29 Å². The highest BCUT2D eigenvalue weighted by molar-refractivity contribution is 5.82. The molecule has 0 aromatic heterocycles. The topological polar surface area (TPSA) is 58.2 Å². The van der Waals surface area contributed by atoms with Crippen molar-refractivity contribution in [2.24, 2.45) is 5.92 Å². The van der Waals surface area contributed by atoms with E-state index >= 15 is 0 Å². The molecule has 1 rings (SSSR count). The molecule has 12 heavy (non-hydrogen) atoms. The van der Waals surface area contributed by atoms with Crippen molar-refractivity contribution >= 4 is 12.2 Å². The molecule has 2 N–H and O–H groups in total. The first-order valence-corrected chi connectivity index (χ1v) is 4.24. The summed E-state index contributed by atoms with van der Waals surface area (Å²) in [6.07, 6.45) is 1.44. The lowest BCUT2D eigenvalue weighted by molar-refractivity contribution is -0.128. The fourth-order valence-electron chi connectivity index (χ4n) is 1.01. The summed E-state index contributed by atoms with van der Waals surface area (Å²) in [7, 11) is 0. The maximum Gasteiger partial charge on any atom is 0.226 e. The molecule has 1 aliphatic heterocycles. The molecule has 0 aliphatic carbocycles. The largest absolute Gasteiger partial charge is 0.346 e. The molecule has 1 heterocycles. The maximum atomic E-state index is 11.2. The Morgan fingerprint density at radius 2 is 2.42 bits per heavy atom. The Bertz CT molecular complexity index is 178. The van der Waals surface area contributed by atoms with E-state index in [9.17, 15) is 9.59 Å². The monoisotopic (exact) mass is 170 g/mol. The molecule has 68 valence electrons. The first kappa shape index (κ1) is 9.19. The number of aldehydes is 1. The third-order valence-corrected chi connectivity index (χ3v) is 2.08. The lowest BCUT2D eigenvalue weighted by atomic mass is 10.0. The second kappa shape index (κ2) is 4.21. The molecule has 0 aromatic rings. The van der Waals surface area contributed by atoms with E-state index in [1.807, 2.05) is 6.92 Å². The van der Waals surface area contributed by atoms with E-state index in [1.54, 1.807) is 0 Å². The number of amides is 1. The highest BCUT2D eigenvalue weighted by Gasteiger charge is 2.25. The molecule has 4 nitrogen and oxygen atoms in total. The van der Waals surface area contributed by atoms with Crippen molar-refractivity contribution in [3.8, 4) is 0 Å². The molecule has 4 heteroatoms. The van der Waals surface area contributed by atoms with E-state index in [0.29, 0.717) is 6.42 Å². The zero-order valence-electron chi connectivity index (χ0n) is 7.17. The van der Waals surface area contributed by atoms with Gasteiger partial charge in [0.25, 0.3) is 0 Å². The summed E-state index contributed by atoms with van der Waals surface area (Å²) in [5.74, 6) is 0.0618. The zero-order chi connectivity index (χ0) is 8.97. The molecule has 1 saturated heterocycles. The second-order valence-electron chi connectivity index (χ2n) is 3.01. The first-order valence-electron chi connectivity index (χ1n) is 4.24. The van der Waals surface area contributed by atoms with Crippen LogP contribution < -0.4 is 10.6 Å². The van der Waals surface area contributed by atoms with Gasteiger partial charge in [0.2, 0.25) is 5.91 Å². The van der Waals surface area contributed by atoms with Crippen molar-refractivity contribution in [2.45, 2.75) is 19.4 Å². The van der Waals surface area contributed by atoms with Gasteiger partial charge < -0.3 is 15.4 Å². The van der Waals surface area contributed by atoms with Crippen LogP contribution >= 0.6 is 0 Å². The summed E-state index contributed by atoms with van der Waals surface area (Å²) < 4.78 is 0. The van der Waals surface area contributed by atoms with Crippen molar-refractivity contribution < 1.29 is 9.59 Å². The molecule has 1 aliphatic rings. The van der Waals surface area contributed by atoms with Gasteiger partial charge in [-0.3, -0.25) is 4.79 Å². The smallest absolute Gasteiger partial charge is 0.226 e. The molecule has 0 bridgehead atoms. The Labute approximate surface area is 71.7 Å². The Balaban J connectivity index is 2.28. The predicted molar refractivity (Wildman–Crippen MR) is 44.6 cm³/mol. The summed E-state index contributed by atoms with van der Waals surface area (Å²) in [5.41, 5.74) is 0. The van der Waals surface area contributed by atoms with Crippen molar-refractivity contribution in [1.29, 1.82) is 0 Å². The van der Waals surface area contributed by atoms with Gasteiger partial charge in [0.15, 0.2) is 0 Å². The van der Waals surface area contributed by atoms with Crippen LogP contribution in [0.2, 0.25) is 0 Å². The van der Waals surface area contributed by atoms with E-state index in [2.05, 4.69) is 10.6 Å². The number of hydrogen-bond acceptors (Lipinski definition) is 3. The van der Waals surface area contributed by atoms with Crippen LogP contribution in [0.4, 0.5) is 0 Å². The second-order valence-corrected chi connectivity index (χ2v) is 3.01. The Morgan fingerprint density at radius 1 is 1.75 bits per heavy atom. The van der Waals surface area contributed by atoms with E-state index in [-0.39, 0.29) is 17.9 Å². The van der Waals surface area contributed by atoms with Gasteiger partial charge in [-0.25, -0.2) is 0 Å². The number of carbonyl (C=O) groups is 2. The summed E-state index contributed by atoms with van der Waals surface area (Å²) >= 11 is 0. The molecule has 0 aromatic carbocycles. The molecule has 1 atom stereocenters. The fourth-order valence-corrected chi connectivity index (χ4v) is 1.01. The van der Waals surface area contributed by atoms with Crippen LogP contribution in [0.3, 0.4) is 0 Å². The van der Waals surface area contributed by atoms with Gasteiger partial charge in [-0.05, 0) is 6.42 Å². The summed E-state index contributed by atoms with van der Waals surface area (Å²) in [4.78, 5) is 21.6. The molecule has 0 radical (unpaired) electrons. The molecular formula is C8H14N2O2. The fraction of sp³-hybridized carbons (Fsp3) is 0.750. The predicted octanol–water partition coefficient (Wildman–Crippen LogP) is -0.700. The Hall–Kier alpha value is -0.900. The van der Waals surface area contributed by atoms with Gasteiger partial charge in [0, 0.05) is 13.1 Å². The van der Waals surface area contributed by atoms with Crippen molar-refractivity contribution in [2.75, 3.05) is 13.1 Å². The van der Waals surface area contributed by atoms with Crippen molar-refractivity contribution in [3.05, 3.63) is 0 Å². The molecular weight excluding hydrogens is 156 g/mol. The van der Waals surface area contributed by atoms with E-state index in [4.69, 9.17) is 0 Å². The minimum atomic E-state index is -0.307. The molecule has 1 fully saturated rings. The van der Waals surface area contributed by atoms with Crippen molar-refractivity contribution in [1.82, 2.24) is 10.6 Å². The van der Waals surface area contributed by atoms with Crippen LogP contribution in [-0.2, 0) is 9.59 Å². The molecule has 0 spiro atoms. The zero-order valence-corrected chi connectivity index (χ0v) is 7.17. The standard InChI is InChI=1S/C8H14N2O2/c1-2-7(5-11)10-8(12)6-3-9-4-6/h5-7,9H,2-4H2,1H3,(H,10,12)/t7-/m1/s1. The Morgan fingerprint density at radius 3 is 2.75 bits per heavy atom. The van der Waals surface area contributed by atoms with E-state index in [0.717, 1.165) is 19.4 Å². The average molecular weight is 170 g/mol. The van der Waals surface area contributed by atoms with Crippen LogP contribution in [0.25, 0.3) is 0 Å². The normalized spacial score (nSPS) is 19.4. The SMILES string of the molecule is CC[C@H](C=O)NC(=O)C1CNC1. The number of rotatable bonds is 4. The number of hydrogen-bond donors (Lipinski definition) is 2. The summed E-state index contributed by atoms with van der Waals surface area (Å²) in [6.45, 7) is 3.35. The third kappa shape index (κ3) is 2.04. The summed E-state index contributed by atoms with van der Waals surface area (Å²) in [6, 6.07) is -0.307. The van der Waals surface area contributed by atoms with E-state index < -0.39 is 0 Å². The van der Waals surface area contributed by atoms with Gasteiger partial charge in [-0.15, -0.1) is 0 Å². The van der Waals surface area contributed by atoms with Crippen LogP contribution in [0.1, 0.15) is 13.3 Å². The summed E-state index contributed by atoms with van der Waals surface area (Å²) in [5, 5.41) is 5.67. The van der Waals surface area contributed by atoms with E-state index in [1.165, 1.54) is 0 Å². The highest BCUT2D eigenvalue weighted by Crippen LogP contribution is 2.02. The number of carbonyl (C=O) groups excluding carboxylic acids is 2. The lowest BCUT2D eigenvalue weighted by Crippen LogP contribution is -2.52. The average Bonchev–Trinajstić information content (AvgIpc) is 1.96. The molecule has 1 amide bonds. The molecule has 0 unspecified atom stereocenters. The van der Waals surface area contributed by atoms with Crippen LogP contribution in [0.15, 0.2) is 0 Å². The van der Waals surface area contributed by atoms with Crippen LogP contribution in [-0.4, -0.2) is 31.3 Å². The maximum absolute atomic E-state index is 11.2. The lowest BCUT2D eigenvalue weighted by Gasteiger charge is -2.26. The quantitative estimate of drug-likeness (QED) is 0.548. The van der Waals surface area contributed by atoms with Gasteiger partial charge in [-0.1, -0.05) is 6.92 Å². The van der Waals surface area contributed by atoms with Crippen molar-refractivity contribution in [3.63, 3.8) is 0 Å².